The number of nitrogen functional groups attached to an aromatic ring is 1. The highest BCUT2D eigenvalue weighted by Crippen LogP contribution is 2.33. The second-order valence-corrected chi connectivity index (χ2v) is 8.78. The molecule has 4 N–H and O–H groups in total. The number of anilines is 2. The van der Waals surface area contributed by atoms with E-state index in [1.54, 1.807) is 37.3 Å². The number of benzene rings is 3. The summed E-state index contributed by atoms with van der Waals surface area (Å²) in [6, 6.07) is 15.3. The van der Waals surface area contributed by atoms with Gasteiger partial charge in [0.1, 0.15) is 46.7 Å². The molecule has 2 heterocycles. The smallest absolute Gasteiger partial charge is 0.200 e. The Labute approximate surface area is 221 Å². The Kier molecular flexibility index (Phi) is 6.76. The molecule has 39 heavy (non-hydrogen) atoms. The van der Waals surface area contributed by atoms with Crippen LogP contribution in [0.1, 0.15) is 29.9 Å². The lowest BCUT2D eigenvalue weighted by Gasteiger charge is -2.20. The summed E-state index contributed by atoms with van der Waals surface area (Å²) >= 11 is 0. The molecule has 5 rings (SSSR count). The third-order valence-corrected chi connectivity index (χ3v) is 6.22. The van der Waals surface area contributed by atoms with Gasteiger partial charge in [-0.25, -0.2) is 18.7 Å². The van der Waals surface area contributed by atoms with Gasteiger partial charge in [-0.2, -0.15) is 0 Å². The van der Waals surface area contributed by atoms with Crippen LogP contribution in [-0.2, 0) is 0 Å². The fraction of sp³-hybridized carbons (Fsp3) is 0.103. The highest BCUT2D eigenvalue weighted by molar-refractivity contribution is 6.16. The van der Waals surface area contributed by atoms with Gasteiger partial charge in [0.25, 0.3) is 0 Å². The number of hydrogen-bond acceptors (Lipinski definition) is 8. The molecule has 0 spiro atoms. The first-order valence-corrected chi connectivity index (χ1v) is 11.9. The van der Waals surface area contributed by atoms with E-state index in [0.717, 1.165) is 6.07 Å². The summed E-state index contributed by atoms with van der Waals surface area (Å²) in [5.74, 6) is -0.139. The van der Waals surface area contributed by atoms with E-state index in [9.17, 15) is 13.6 Å². The Morgan fingerprint density at radius 2 is 1.82 bits per heavy atom. The van der Waals surface area contributed by atoms with Gasteiger partial charge in [-0.3, -0.25) is 10.2 Å². The lowest BCUT2D eigenvalue weighted by atomic mass is 9.98. The number of aromatic nitrogens is 2. The topological polar surface area (TPSA) is 127 Å². The SMILES string of the molecule is COc1cccc(C(=N)c2c(N)ncnc2NC(C)c2oc3ccc(F)cc3c(=O)c2-c2cccc(F)c2)c1. The van der Waals surface area contributed by atoms with E-state index in [1.807, 2.05) is 0 Å². The van der Waals surface area contributed by atoms with Gasteiger partial charge in [-0.1, -0.05) is 24.3 Å². The normalized spacial score (nSPS) is 11.8. The number of methoxy groups -OCH3 is 1. The molecule has 5 aromatic rings. The predicted molar refractivity (Wildman–Crippen MR) is 145 cm³/mol. The van der Waals surface area contributed by atoms with Crippen LogP contribution in [0, 0.1) is 17.0 Å². The van der Waals surface area contributed by atoms with Crippen molar-refractivity contribution < 1.29 is 17.9 Å². The van der Waals surface area contributed by atoms with Gasteiger partial charge in [0, 0.05) is 5.56 Å². The number of nitrogens with one attached hydrogen (secondary N) is 2. The predicted octanol–water partition coefficient (Wildman–Crippen LogP) is 5.71. The van der Waals surface area contributed by atoms with E-state index in [2.05, 4.69) is 15.3 Å². The van der Waals surface area contributed by atoms with Crippen LogP contribution in [0.15, 0.2) is 82.3 Å². The van der Waals surface area contributed by atoms with Crippen molar-refractivity contribution in [2.24, 2.45) is 0 Å². The average Bonchev–Trinajstić information content (AvgIpc) is 2.93. The standard InChI is InChI=1S/C29H23F2N5O3/c1-15(36-29-24(28(33)34-14-35-29)25(32)17-6-4-8-20(12-17)38-2)27-23(16-5-3-7-18(30)11-16)26(37)21-13-19(31)9-10-22(21)39-27/h3-15,32H,1-2H3,(H3,33,34,35,36). The number of ether oxygens (including phenoxy) is 1. The first kappa shape index (κ1) is 25.5. The van der Waals surface area contributed by atoms with Crippen molar-refractivity contribution in [2.75, 3.05) is 18.2 Å². The molecule has 1 unspecified atom stereocenters. The molecule has 0 fully saturated rings. The van der Waals surface area contributed by atoms with Crippen molar-refractivity contribution >= 4 is 28.3 Å². The molecule has 0 bridgehead atoms. The molecule has 0 amide bonds. The summed E-state index contributed by atoms with van der Waals surface area (Å²) < 4.78 is 39.6. The summed E-state index contributed by atoms with van der Waals surface area (Å²) in [6.07, 6.45) is 1.25. The van der Waals surface area contributed by atoms with Crippen molar-refractivity contribution in [3.8, 4) is 16.9 Å². The Balaban J connectivity index is 1.63. The van der Waals surface area contributed by atoms with Crippen LogP contribution in [0.4, 0.5) is 20.4 Å². The molecule has 0 saturated carbocycles. The average molecular weight is 528 g/mol. The van der Waals surface area contributed by atoms with Gasteiger partial charge < -0.3 is 20.2 Å². The Morgan fingerprint density at radius 1 is 1.05 bits per heavy atom. The number of halogens is 2. The largest absolute Gasteiger partial charge is 0.497 e. The van der Waals surface area contributed by atoms with Crippen LogP contribution in [-0.4, -0.2) is 22.8 Å². The molecule has 2 aromatic heterocycles. The monoisotopic (exact) mass is 527 g/mol. The van der Waals surface area contributed by atoms with Crippen LogP contribution in [0.25, 0.3) is 22.1 Å². The summed E-state index contributed by atoms with van der Waals surface area (Å²) in [6.45, 7) is 1.72. The zero-order valence-electron chi connectivity index (χ0n) is 21.0. The van der Waals surface area contributed by atoms with Gasteiger partial charge in [0.05, 0.1) is 35.4 Å². The molecule has 0 aliphatic rings. The first-order chi connectivity index (χ1) is 18.8. The maximum Gasteiger partial charge on any atom is 0.200 e. The number of nitrogens with zero attached hydrogens (tertiary/aromatic N) is 2. The maximum absolute atomic E-state index is 14.2. The number of hydrogen-bond donors (Lipinski definition) is 3. The van der Waals surface area contributed by atoms with Crippen LogP contribution >= 0.6 is 0 Å². The van der Waals surface area contributed by atoms with Crippen molar-refractivity contribution in [1.29, 1.82) is 5.41 Å². The molecule has 8 nitrogen and oxygen atoms in total. The van der Waals surface area contributed by atoms with Crippen molar-refractivity contribution in [2.45, 2.75) is 13.0 Å². The quantitative estimate of drug-likeness (QED) is 0.231. The highest BCUT2D eigenvalue weighted by atomic mass is 19.1. The highest BCUT2D eigenvalue weighted by Gasteiger charge is 2.24. The molecule has 0 radical (unpaired) electrons. The fourth-order valence-corrected chi connectivity index (χ4v) is 4.36. The molecule has 1 atom stereocenters. The molecular formula is C29H23F2N5O3. The van der Waals surface area contributed by atoms with Gasteiger partial charge in [0.2, 0.25) is 5.43 Å². The zero-order chi connectivity index (χ0) is 27.7. The maximum atomic E-state index is 14.2. The van der Waals surface area contributed by atoms with Crippen LogP contribution < -0.4 is 21.2 Å². The second kappa shape index (κ2) is 10.3. The van der Waals surface area contributed by atoms with E-state index in [1.165, 1.54) is 43.8 Å². The van der Waals surface area contributed by atoms with E-state index in [0.29, 0.717) is 11.3 Å². The third-order valence-electron chi connectivity index (χ3n) is 6.22. The van der Waals surface area contributed by atoms with E-state index in [-0.39, 0.29) is 50.8 Å². The summed E-state index contributed by atoms with van der Waals surface area (Å²) in [4.78, 5) is 21.9. The second-order valence-electron chi connectivity index (χ2n) is 8.78. The minimum absolute atomic E-state index is 0.0250. The Morgan fingerprint density at radius 3 is 2.59 bits per heavy atom. The molecule has 3 aromatic carbocycles. The van der Waals surface area contributed by atoms with Gasteiger partial charge >= 0.3 is 0 Å². The summed E-state index contributed by atoms with van der Waals surface area (Å²) in [5, 5.41) is 12.0. The molecular weight excluding hydrogens is 504 g/mol. The number of nitrogens with two attached hydrogens (primary N) is 1. The summed E-state index contributed by atoms with van der Waals surface area (Å²) in [5.41, 5.74) is 6.96. The number of fused-ring (bicyclic) bond motifs is 1. The van der Waals surface area contributed by atoms with Gasteiger partial charge in [-0.15, -0.1) is 0 Å². The van der Waals surface area contributed by atoms with E-state index in [4.69, 9.17) is 20.3 Å². The molecule has 10 heteroatoms. The zero-order valence-corrected chi connectivity index (χ0v) is 21.0. The van der Waals surface area contributed by atoms with E-state index < -0.39 is 23.1 Å². The van der Waals surface area contributed by atoms with E-state index >= 15 is 0 Å². The van der Waals surface area contributed by atoms with Crippen molar-refractivity contribution in [3.63, 3.8) is 0 Å². The lowest BCUT2D eigenvalue weighted by molar-refractivity contribution is 0.414. The summed E-state index contributed by atoms with van der Waals surface area (Å²) in [7, 11) is 1.53. The Bertz CT molecular complexity index is 1790. The first-order valence-electron chi connectivity index (χ1n) is 11.9. The molecule has 196 valence electrons. The molecule has 0 aliphatic carbocycles. The van der Waals surface area contributed by atoms with Crippen LogP contribution in [0.5, 0.6) is 5.75 Å². The minimum atomic E-state index is -0.725. The van der Waals surface area contributed by atoms with Gasteiger partial charge in [-0.05, 0) is 55.0 Å². The molecule has 0 saturated heterocycles. The Hall–Kier alpha value is -5.12. The van der Waals surface area contributed by atoms with Crippen molar-refractivity contribution in [3.05, 3.63) is 112 Å². The fourth-order valence-electron chi connectivity index (χ4n) is 4.36. The van der Waals surface area contributed by atoms with Crippen molar-refractivity contribution in [1.82, 2.24) is 9.97 Å². The van der Waals surface area contributed by atoms with Crippen LogP contribution in [0.2, 0.25) is 0 Å². The minimum Gasteiger partial charge on any atom is -0.497 e. The number of rotatable bonds is 7. The lowest BCUT2D eigenvalue weighted by Crippen LogP contribution is -2.19. The molecule has 0 aliphatic heterocycles. The van der Waals surface area contributed by atoms with Crippen LogP contribution in [0.3, 0.4) is 0 Å². The van der Waals surface area contributed by atoms with Gasteiger partial charge in [0.15, 0.2) is 0 Å². The third kappa shape index (κ3) is 4.91.